The van der Waals surface area contributed by atoms with Crippen LogP contribution in [0.25, 0.3) is 0 Å². The van der Waals surface area contributed by atoms with Crippen molar-refractivity contribution in [1.82, 2.24) is 0 Å². The third-order valence-corrected chi connectivity index (χ3v) is 2.67. The van der Waals surface area contributed by atoms with Gasteiger partial charge in [-0.05, 0) is 42.0 Å². The first kappa shape index (κ1) is 12.5. The zero-order valence-corrected chi connectivity index (χ0v) is 10.6. The summed E-state index contributed by atoms with van der Waals surface area (Å²) < 4.78 is 10.8. The van der Waals surface area contributed by atoms with Crippen molar-refractivity contribution >= 4 is 11.6 Å². The molecular weight excluding hydrogens is 248 g/mol. The summed E-state index contributed by atoms with van der Waals surface area (Å²) in [5.41, 5.74) is 1.07. The van der Waals surface area contributed by atoms with Crippen molar-refractivity contribution in [3.8, 4) is 17.2 Å². The minimum Gasteiger partial charge on any atom is -0.466 e. The maximum absolute atomic E-state index is 5.72. The molecule has 0 aliphatic carbocycles. The highest BCUT2D eigenvalue weighted by Crippen LogP contribution is 2.24. The molecule has 2 aromatic rings. The molecule has 0 radical (unpaired) electrons. The molecule has 2 nitrogen and oxygen atoms in total. The van der Waals surface area contributed by atoms with Gasteiger partial charge in [0.05, 0.1) is 6.26 Å². The lowest BCUT2D eigenvalue weighted by molar-refractivity contribution is 0.469. The molecule has 0 amide bonds. The second kappa shape index (κ2) is 6.12. The van der Waals surface area contributed by atoms with E-state index in [0.717, 1.165) is 22.8 Å². The highest BCUT2D eigenvalue weighted by molar-refractivity contribution is 6.17. The van der Waals surface area contributed by atoms with E-state index in [9.17, 15) is 0 Å². The Morgan fingerprint density at radius 3 is 1.89 bits per heavy atom. The Kier molecular flexibility index (Phi) is 4.26. The molecule has 0 unspecified atom stereocenters. The zero-order chi connectivity index (χ0) is 12.8. The number of rotatable bonds is 5. The van der Waals surface area contributed by atoms with Crippen molar-refractivity contribution in [3.05, 3.63) is 66.9 Å². The standard InChI is InChI=1S/C15H13ClO2/c1-2-17-13-7-9-15(10-8-13)18-14-5-3-12(11-16)4-6-14/h2-10H,1,11H2. The van der Waals surface area contributed by atoms with E-state index in [1.54, 1.807) is 0 Å². The van der Waals surface area contributed by atoms with Crippen LogP contribution in [0, 0.1) is 0 Å². The van der Waals surface area contributed by atoms with Gasteiger partial charge in [-0.1, -0.05) is 18.7 Å². The van der Waals surface area contributed by atoms with Crippen LogP contribution in [0.1, 0.15) is 5.56 Å². The molecule has 0 spiro atoms. The van der Waals surface area contributed by atoms with Crippen LogP contribution >= 0.6 is 11.6 Å². The van der Waals surface area contributed by atoms with Crippen molar-refractivity contribution in [3.63, 3.8) is 0 Å². The van der Waals surface area contributed by atoms with Gasteiger partial charge in [0, 0.05) is 5.88 Å². The van der Waals surface area contributed by atoms with E-state index in [0.29, 0.717) is 5.88 Å². The highest BCUT2D eigenvalue weighted by Gasteiger charge is 1.98. The van der Waals surface area contributed by atoms with Crippen LogP contribution in [0.2, 0.25) is 0 Å². The average molecular weight is 261 g/mol. The monoisotopic (exact) mass is 260 g/mol. The van der Waals surface area contributed by atoms with E-state index in [4.69, 9.17) is 21.1 Å². The number of hydrogen-bond acceptors (Lipinski definition) is 2. The number of ether oxygens (including phenoxy) is 2. The Morgan fingerprint density at radius 1 is 0.889 bits per heavy atom. The van der Waals surface area contributed by atoms with Crippen LogP contribution in [0.3, 0.4) is 0 Å². The van der Waals surface area contributed by atoms with Gasteiger partial charge in [0.15, 0.2) is 0 Å². The molecule has 92 valence electrons. The summed E-state index contributed by atoms with van der Waals surface area (Å²) in [6, 6.07) is 15.0. The van der Waals surface area contributed by atoms with Gasteiger partial charge in [-0.15, -0.1) is 11.6 Å². The fourth-order valence-electron chi connectivity index (χ4n) is 1.47. The predicted molar refractivity (Wildman–Crippen MR) is 73.3 cm³/mol. The molecular formula is C15H13ClO2. The van der Waals surface area contributed by atoms with Crippen LogP contribution in [-0.4, -0.2) is 0 Å². The molecule has 0 aliphatic rings. The molecule has 0 aliphatic heterocycles. The van der Waals surface area contributed by atoms with Gasteiger partial charge in [0.25, 0.3) is 0 Å². The van der Waals surface area contributed by atoms with Crippen LogP contribution < -0.4 is 9.47 Å². The normalized spacial score (nSPS) is 9.83. The summed E-state index contributed by atoms with van der Waals surface area (Å²) in [6.07, 6.45) is 1.39. The van der Waals surface area contributed by atoms with E-state index in [1.807, 2.05) is 48.5 Å². The minimum absolute atomic E-state index is 0.508. The first-order valence-electron chi connectivity index (χ1n) is 5.52. The molecule has 0 fully saturated rings. The van der Waals surface area contributed by atoms with Crippen LogP contribution in [-0.2, 0) is 5.88 Å². The molecule has 2 rings (SSSR count). The van der Waals surface area contributed by atoms with Gasteiger partial charge in [-0.2, -0.15) is 0 Å². The molecule has 0 N–H and O–H groups in total. The highest BCUT2D eigenvalue weighted by atomic mass is 35.5. The molecule has 3 heteroatoms. The largest absolute Gasteiger partial charge is 0.466 e. The lowest BCUT2D eigenvalue weighted by Crippen LogP contribution is -1.86. The van der Waals surface area contributed by atoms with E-state index < -0.39 is 0 Å². The Hall–Kier alpha value is -1.93. The van der Waals surface area contributed by atoms with Crippen LogP contribution in [0.15, 0.2) is 61.4 Å². The Bertz CT molecular complexity index is 503. The maximum Gasteiger partial charge on any atom is 0.127 e. The molecule has 18 heavy (non-hydrogen) atoms. The summed E-state index contributed by atoms with van der Waals surface area (Å²) in [5.74, 6) is 2.77. The first-order chi connectivity index (χ1) is 8.81. The molecule has 0 saturated carbocycles. The first-order valence-corrected chi connectivity index (χ1v) is 6.05. The molecule has 2 aromatic carbocycles. The Labute approximate surface area is 111 Å². The Morgan fingerprint density at radius 2 is 1.39 bits per heavy atom. The summed E-state index contributed by atoms with van der Waals surface area (Å²) in [7, 11) is 0. The van der Waals surface area contributed by atoms with Gasteiger partial charge in [-0.3, -0.25) is 0 Å². The van der Waals surface area contributed by atoms with Crippen molar-refractivity contribution in [2.75, 3.05) is 0 Å². The van der Waals surface area contributed by atoms with Gasteiger partial charge >= 0.3 is 0 Å². The smallest absolute Gasteiger partial charge is 0.127 e. The molecule has 0 aromatic heterocycles. The lowest BCUT2D eigenvalue weighted by Gasteiger charge is -2.07. The van der Waals surface area contributed by atoms with Crippen molar-refractivity contribution < 1.29 is 9.47 Å². The fraction of sp³-hybridized carbons (Fsp3) is 0.0667. The minimum atomic E-state index is 0.508. The second-order valence-electron chi connectivity index (χ2n) is 3.64. The van der Waals surface area contributed by atoms with Crippen LogP contribution in [0.4, 0.5) is 0 Å². The quantitative estimate of drug-likeness (QED) is 0.571. The summed E-state index contributed by atoms with van der Waals surface area (Å²) in [5, 5.41) is 0. The number of halogens is 1. The van der Waals surface area contributed by atoms with E-state index in [2.05, 4.69) is 6.58 Å². The lowest BCUT2D eigenvalue weighted by atomic mass is 10.2. The van der Waals surface area contributed by atoms with Gasteiger partial charge in [-0.25, -0.2) is 0 Å². The fourth-order valence-corrected chi connectivity index (χ4v) is 1.64. The third-order valence-electron chi connectivity index (χ3n) is 2.36. The molecule has 0 bridgehead atoms. The van der Waals surface area contributed by atoms with E-state index >= 15 is 0 Å². The third kappa shape index (κ3) is 3.28. The van der Waals surface area contributed by atoms with E-state index in [1.165, 1.54) is 6.26 Å². The maximum atomic E-state index is 5.72. The van der Waals surface area contributed by atoms with Crippen molar-refractivity contribution in [2.45, 2.75) is 5.88 Å². The zero-order valence-electron chi connectivity index (χ0n) is 9.80. The molecule has 0 saturated heterocycles. The van der Waals surface area contributed by atoms with E-state index in [-0.39, 0.29) is 0 Å². The second-order valence-corrected chi connectivity index (χ2v) is 3.90. The number of benzene rings is 2. The number of alkyl halides is 1. The summed E-state index contributed by atoms with van der Waals surface area (Å²) in [4.78, 5) is 0. The molecule has 0 heterocycles. The van der Waals surface area contributed by atoms with Gasteiger partial charge < -0.3 is 9.47 Å². The van der Waals surface area contributed by atoms with Gasteiger partial charge in [0.1, 0.15) is 17.2 Å². The predicted octanol–water partition coefficient (Wildman–Crippen LogP) is 4.74. The SMILES string of the molecule is C=COc1ccc(Oc2ccc(CCl)cc2)cc1. The Balaban J connectivity index is 2.05. The molecule has 0 atom stereocenters. The van der Waals surface area contributed by atoms with Crippen LogP contribution in [0.5, 0.6) is 17.2 Å². The van der Waals surface area contributed by atoms with Crippen molar-refractivity contribution in [2.24, 2.45) is 0 Å². The van der Waals surface area contributed by atoms with Crippen molar-refractivity contribution in [1.29, 1.82) is 0 Å². The summed E-state index contributed by atoms with van der Waals surface area (Å²) in [6.45, 7) is 3.50. The average Bonchev–Trinajstić information content (AvgIpc) is 2.42. The summed E-state index contributed by atoms with van der Waals surface area (Å²) >= 11 is 5.72. The van der Waals surface area contributed by atoms with Gasteiger partial charge in [0.2, 0.25) is 0 Å². The topological polar surface area (TPSA) is 18.5 Å². The number of hydrogen-bond donors (Lipinski definition) is 0.